The number of allylic oxidation sites excluding steroid dienone is 10. The minimum Gasteiger partial charge on any atom is -0.331 e. The van der Waals surface area contributed by atoms with Crippen molar-refractivity contribution in [2.24, 2.45) is 5.41 Å². The number of para-hydroxylation sites is 5. The molecule has 9 aromatic rings. The molecule has 4 atom stereocenters. The van der Waals surface area contributed by atoms with Crippen LogP contribution in [-0.4, -0.2) is 22.7 Å². The van der Waals surface area contributed by atoms with Gasteiger partial charge >= 0.3 is 0 Å². The maximum absolute atomic E-state index is 2.94. The molecule has 7 aromatic carbocycles. The van der Waals surface area contributed by atoms with Crippen LogP contribution in [0.5, 0.6) is 0 Å². The summed E-state index contributed by atoms with van der Waals surface area (Å²) in [5, 5.41) is 10.9. The number of hydrogen-bond acceptors (Lipinski definition) is 1. The van der Waals surface area contributed by atoms with Crippen LogP contribution < -0.4 is 25.8 Å². The molecule has 0 N–H and O–H groups in total. The van der Waals surface area contributed by atoms with Gasteiger partial charge in [-0.25, -0.2) is 0 Å². The predicted molar refractivity (Wildman–Crippen MR) is 313 cm³/mol. The lowest BCUT2D eigenvalue weighted by molar-refractivity contribution is 0.557. The number of anilines is 2. The van der Waals surface area contributed by atoms with Crippen molar-refractivity contribution in [3.63, 3.8) is 0 Å². The molecule has 0 bridgehead atoms. The van der Waals surface area contributed by atoms with E-state index in [1.165, 1.54) is 81.8 Å². The van der Waals surface area contributed by atoms with Crippen LogP contribution >= 0.6 is 0 Å². The van der Waals surface area contributed by atoms with E-state index in [-0.39, 0.29) is 11.3 Å². The van der Waals surface area contributed by atoms with Crippen LogP contribution in [0.25, 0.3) is 57.5 Å². The Morgan fingerprint density at radius 3 is 1.99 bits per heavy atom. The van der Waals surface area contributed by atoms with Gasteiger partial charge in [0.25, 0.3) is 0 Å². The molecule has 3 unspecified atom stereocenters. The van der Waals surface area contributed by atoms with Crippen LogP contribution in [0.3, 0.4) is 0 Å². The fourth-order valence-electron chi connectivity index (χ4n) is 13.1. The highest BCUT2D eigenvalue weighted by molar-refractivity contribution is 7.12. The smallest absolute Gasteiger partial charge is 0.175 e. The van der Waals surface area contributed by atoms with Crippen molar-refractivity contribution >= 4 is 75.9 Å². The third kappa shape index (κ3) is 7.14. The fourth-order valence-corrected chi connectivity index (χ4v) is 18.4. The summed E-state index contributed by atoms with van der Waals surface area (Å²) in [5.41, 5.74) is 10.4. The first-order valence-corrected chi connectivity index (χ1v) is 28.1. The van der Waals surface area contributed by atoms with E-state index in [0.717, 1.165) is 24.9 Å². The zero-order chi connectivity index (χ0) is 49.2. The quantitative estimate of drug-likeness (QED) is 0.125. The Labute approximate surface area is 430 Å². The molecule has 3 nitrogen and oxygen atoms in total. The van der Waals surface area contributed by atoms with Crippen LogP contribution in [0.2, 0.25) is 0 Å². The van der Waals surface area contributed by atoms with E-state index < -0.39 is 13.6 Å². The second-order valence-electron chi connectivity index (χ2n) is 20.8. The van der Waals surface area contributed by atoms with Gasteiger partial charge < -0.3 is 14.0 Å². The first-order chi connectivity index (χ1) is 35.9. The average Bonchev–Trinajstić information content (AvgIpc) is 4.02. The Morgan fingerprint density at radius 2 is 1.25 bits per heavy atom. The predicted octanol–water partition coefficient (Wildman–Crippen LogP) is 14.4. The zero-order valence-corrected chi connectivity index (χ0v) is 42.9. The van der Waals surface area contributed by atoms with Gasteiger partial charge in [0.15, 0.2) is 8.07 Å². The van der Waals surface area contributed by atoms with Gasteiger partial charge in [0.05, 0.1) is 27.6 Å². The van der Waals surface area contributed by atoms with Crippen molar-refractivity contribution < 1.29 is 0 Å². The van der Waals surface area contributed by atoms with E-state index in [4.69, 9.17) is 0 Å². The van der Waals surface area contributed by atoms with Gasteiger partial charge in [-0.1, -0.05) is 206 Å². The summed E-state index contributed by atoms with van der Waals surface area (Å²) in [4.78, 5) is 2.68. The minimum absolute atomic E-state index is 0.142. The third-order valence-electron chi connectivity index (χ3n) is 16.3. The third-order valence-corrected chi connectivity index (χ3v) is 21.2. The lowest BCUT2D eigenvalue weighted by Gasteiger charge is -2.42. The number of fused-ring (bicyclic) bond motifs is 7. The van der Waals surface area contributed by atoms with Crippen LogP contribution in [0.1, 0.15) is 62.8 Å². The Hall–Kier alpha value is -8.18. The lowest BCUT2D eigenvalue weighted by atomic mass is 9.80. The summed E-state index contributed by atoms with van der Waals surface area (Å²) in [6.07, 6.45) is 32.3. The molecule has 0 saturated heterocycles. The first kappa shape index (κ1) is 44.7. The molecule has 0 saturated carbocycles. The van der Waals surface area contributed by atoms with E-state index in [1.807, 2.05) is 0 Å². The van der Waals surface area contributed by atoms with Gasteiger partial charge in [-0.15, -0.1) is 0 Å². The zero-order valence-electron chi connectivity index (χ0n) is 41.9. The molecule has 2 aromatic heterocycles. The second-order valence-corrected chi connectivity index (χ2v) is 24.6. The van der Waals surface area contributed by atoms with E-state index in [9.17, 15) is 0 Å². The van der Waals surface area contributed by atoms with Crippen molar-refractivity contribution in [2.75, 3.05) is 4.90 Å². The minimum atomic E-state index is -2.94. The molecule has 0 spiro atoms. The summed E-state index contributed by atoms with van der Waals surface area (Å²) in [7, 11) is -2.94. The van der Waals surface area contributed by atoms with Crippen molar-refractivity contribution in [3.05, 3.63) is 274 Å². The normalized spacial score (nSPS) is 20.9. The number of rotatable bonds is 10. The summed E-state index contributed by atoms with van der Waals surface area (Å²) in [6.45, 7) is 7.03. The fraction of sp³-hybridized carbons (Fsp3) is 0.130. The molecule has 73 heavy (non-hydrogen) atoms. The summed E-state index contributed by atoms with van der Waals surface area (Å²) in [5.74, 6) is 0.142. The van der Waals surface area contributed by atoms with Crippen molar-refractivity contribution in [1.29, 1.82) is 0 Å². The van der Waals surface area contributed by atoms with Gasteiger partial charge in [-0.3, -0.25) is 0 Å². The maximum atomic E-state index is 2.68. The van der Waals surface area contributed by atoms with Crippen molar-refractivity contribution in [3.8, 4) is 11.4 Å². The Balaban J connectivity index is 1.00. The number of nitrogens with zero attached hydrogens (tertiary/aromatic N) is 3. The van der Waals surface area contributed by atoms with Gasteiger partial charge in [0, 0.05) is 55.6 Å². The standard InChI is InChI=1S/C69H59N3Si/c1-4-25-63-59(57-37-17-20-40-64(57)70(63)50-26-9-5-10-27-50)43-45-68(2)44-24-36-56(48-68)73(53-31-13-7-14-32-53,54-33-15-8-16-34-54)55-35-23-30-52(46-55)72-66-42-22-19-39-60(66)62-47-61-58-38-18-21-41-65(58)71(51-28-11-6-12-29-51)67(61)49-69(62,72)3/h4-15,17-33,35-43,45-49,62H,16,34,44H2,1-3H3/b25-4-,45-43+/t62-,68?,69?,73?/m1/s1. The molecule has 0 amide bonds. The second kappa shape index (κ2) is 17.8. The Bertz CT molecular complexity index is 3940. The molecule has 3 heterocycles. The highest BCUT2D eigenvalue weighted by Gasteiger charge is 2.50. The average molecular weight is 958 g/mol. The highest BCUT2D eigenvalue weighted by atomic mass is 28.3. The molecule has 13 rings (SSSR count). The maximum Gasteiger partial charge on any atom is 0.175 e. The van der Waals surface area contributed by atoms with E-state index in [0.29, 0.717) is 0 Å². The largest absolute Gasteiger partial charge is 0.331 e. The van der Waals surface area contributed by atoms with Crippen molar-refractivity contribution in [2.45, 2.75) is 51.5 Å². The molecule has 0 radical (unpaired) electrons. The molecule has 1 aliphatic heterocycles. The monoisotopic (exact) mass is 957 g/mol. The van der Waals surface area contributed by atoms with Gasteiger partial charge in [0.1, 0.15) is 0 Å². The van der Waals surface area contributed by atoms with Gasteiger partial charge in [-0.2, -0.15) is 0 Å². The Kier molecular flexibility index (Phi) is 10.9. The molecular weight excluding hydrogens is 899 g/mol. The van der Waals surface area contributed by atoms with Crippen molar-refractivity contribution in [1.82, 2.24) is 9.13 Å². The lowest BCUT2D eigenvalue weighted by Crippen LogP contribution is -2.62. The Morgan fingerprint density at radius 1 is 0.603 bits per heavy atom. The molecule has 4 aliphatic rings. The molecule has 3 aliphatic carbocycles. The van der Waals surface area contributed by atoms with E-state index in [1.54, 1.807) is 5.20 Å². The molecule has 354 valence electrons. The summed E-state index contributed by atoms with van der Waals surface area (Å²) in [6, 6.07) is 69.9. The molecular formula is C69H59N3Si. The molecule has 4 heteroatoms. The summed E-state index contributed by atoms with van der Waals surface area (Å²) >= 11 is 0. The summed E-state index contributed by atoms with van der Waals surface area (Å²) < 4.78 is 4.89. The van der Waals surface area contributed by atoms with E-state index in [2.05, 4.69) is 296 Å². The topological polar surface area (TPSA) is 13.1 Å². The first-order valence-electron chi connectivity index (χ1n) is 26.1. The van der Waals surface area contributed by atoms with Crippen LogP contribution in [0, 0.1) is 5.41 Å². The van der Waals surface area contributed by atoms with Crippen LogP contribution in [-0.2, 0) is 0 Å². The van der Waals surface area contributed by atoms with Gasteiger partial charge in [0.2, 0.25) is 0 Å². The van der Waals surface area contributed by atoms with Crippen LogP contribution in [0.4, 0.5) is 11.4 Å². The van der Waals surface area contributed by atoms with Gasteiger partial charge in [-0.05, 0) is 121 Å². The number of aromatic nitrogens is 2. The highest BCUT2D eigenvalue weighted by Crippen LogP contribution is 2.54. The molecule has 0 fully saturated rings. The van der Waals surface area contributed by atoms with E-state index >= 15 is 0 Å². The number of benzene rings is 7. The SMILES string of the molecule is C/C=C\c1c(/C=C/C2(C)C=C([Si](C3=CC=CCC3)(c3ccccc3)c3cccc(N4c5ccccc5[C@H]5C=c6c(n(-c7ccccc7)c7ccccc67)=CC54C)c3)C=CC2)c2ccccc2n1-c1ccccc1. The number of hydrogen-bond donors (Lipinski definition) is 0. The van der Waals surface area contributed by atoms with Crippen LogP contribution in [0.15, 0.2) is 247 Å².